The summed E-state index contributed by atoms with van der Waals surface area (Å²) < 4.78 is 5.38. The molecule has 0 bridgehead atoms. The highest BCUT2D eigenvalue weighted by Crippen LogP contribution is 2.29. The fourth-order valence-electron chi connectivity index (χ4n) is 2.51. The highest BCUT2D eigenvalue weighted by Gasteiger charge is 2.17. The number of ether oxygens (including phenoxy) is 1. The number of aliphatic hydroxyl groups excluding tert-OH is 1. The van der Waals surface area contributed by atoms with Crippen LogP contribution in [0.1, 0.15) is 31.4 Å². The van der Waals surface area contributed by atoms with Crippen LogP contribution in [0.4, 0.5) is 5.69 Å². The highest BCUT2D eigenvalue weighted by atomic mass is 35.5. The number of nitrogens with zero attached hydrogens (tertiary/aromatic N) is 1. The Hall–Kier alpha value is -0.770. The van der Waals surface area contributed by atoms with Crippen LogP contribution in [-0.4, -0.2) is 31.9 Å². The molecule has 3 nitrogen and oxygen atoms in total. The molecule has 106 valence electrons. The summed E-state index contributed by atoms with van der Waals surface area (Å²) in [6.07, 6.45) is 1.76. The number of aliphatic hydroxyl groups is 1. The maximum atomic E-state index is 9.55. The molecule has 0 radical (unpaired) electrons. The molecule has 0 spiro atoms. The summed E-state index contributed by atoms with van der Waals surface area (Å²) in [5.41, 5.74) is 1.88. The van der Waals surface area contributed by atoms with Crippen LogP contribution in [0.25, 0.3) is 0 Å². The van der Waals surface area contributed by atoms with Crippen molar-refractivity contribution in [1.82, 2.24) is 0 Å². The Bertz CT molecular complexity index is 417. The molecule has 0 amide bonds. The second-order valence-electron chi connectivity index (χ2n) is 5.32. The molecular formula is C15H22ClNO2. The molecule has 1 aromatic rings. The van der Waals surface area contributed by atoms with Gasteiger partial charge in [0.1, 0.15) is 0 Å². The monoisotopic (exact) mass is 283 g/mol. The van der Waals surface area contributed by atoms with Crippen LogP contribution >= 0.6 is 11.6 Å². The minimum Gasteiger partial charge on any atom is -0.389 e. The fraction of sp³-hybridized carbons (Fsp3) is 0.600. The number of hydrogen-bond acceptors (Lipinski definition) is 3. The molecule has 1 aliphatic heterocycles. The van der Waals surface area contributed by atoms with Gasteiger partial charge >= 0.3 is 0 Å². The van der Waals surface area contributed by atoms with E-state index in [4.69, 9.17) is 16.3 Å². The summed E-state index contributed by atoms with van der Waals surface area (Å²) in [5.74, 6) is 0.672. The lowest BCUT2D eigenvalue weighted by atomic mass is 9.99. The topological polar surface area (TPSA) is 32.7 Å². The number of anilines is 1. The van der Waals surface area contributed by atoms with Crippen molar-refractivity contribution in [2.24, 2.45) is 5.92 Å². The number of benzene rings is 1. The molecule has 1 atom stereocenters. The van der Waals surface area contributed by atoms with Crippen LogP contribution < -0.4 is 4.90 Å². The van der Waals surface area contributed by atoms with E-state index in [9.17, 15) is 5.11 Å². The first-order valence-corrected chi connectivity index (χ1v) is 7.22. The molecule has 1 aromatic carbocycles. The van der Waals surface area contributed by atoms with E-state index in [0.717, 1.165) is 43.9 Å². The largest absolute Gasteiger partial charge is 0.389 e. The first kappa shape index (κ1) is 14.6. The van der Waals surface area contributed by atoms with E-state index < -0.39 is 6.10 Å². The average molecular weight is 284 g/mol. The van der Waals surface area contributed by atoms with Gasteiger partial charge in [0.05, 0.1) is 16.8 Å². The van der Waals surface area contributed by atoms with E-state index >= 15 is 0 Å². The van der Waals surface area contributed by atoms with Gasteiger partial charge in [-0.3, -0.25) is 0 Å². The number of halogens is 1. The summed E-state index contributed by atoms with van der Waals surface area (Å²) >= 11 is 6.31. The van der Waals surface area contributed by atoms with Crippen molar-refractivity contribution in [3.8, 4) is 0 Å². The summed E-state index contributed by atoms with van der Waals surface area (Å²) in [7, 11) is 2.07. The highest BCUT2D eigenvalue weighted by molar-refractivity contribution is 6.33. The average Bonchev–Trinajstić information content (AvgIpc) is 2.39. The molecule has 0 saturated carbocycles. The second-order valence-corrected chi connectivity index (χ2v) is 5.73. The quantitative estimate of drug-likeness (QED) is 0.921. The predicted octanol–water partition coefficient (Wildman–Crippen LogP) is 3.26. The Kier molecular flexibility index (Phi) is 5.08. The van der Waals surface area contributed by atoms with Gasteiger partial charge in [-0.1, -0.05) is 17.7 Å². The van der Waals surface area contributed by atoms with Gasteiger partial charge in [0.15, 0.2) is 0 Å². The first-order chi connectivity index (χ1) is 9.08. The molecule has 1 aliphatic rings. The van der Waals surface area contributed by atoms with Crippen molar-refractivity contribution >= 4 is 17.3 Å². The van der Waals surface area contributed by atoms with E-state index in [2.05, 4.69) is 11.9 Å². The minimum absolute atomic E-state index is 0.479. The molecule has 1 heterocycles. The molecule has 1 N–H and O–H groups in total. The van der Waals surface area contributed by atoms with Gasteiger partial charge in [-0.2, -0.15) is 0 Å². The molecule has 4 heteroatoms. The predicted molar refractivity (Wildman–Crippen MR) is 78.9 cm³/mol. The Morgan fingerprint density at radius 1 is 1.42 bits per heavy atom. The standard InChI is InChI=1S/C15H22ClNO2/c1-11(18)13-3-4-15(14(16)9-13)17(2)10-12-5-7-19-8-6-12/h3-4,9,11-12,18H,5-8,10H2,1-2H3/t11-/m0/s1. The van der Waals surface area contributed by atoms with Crippen molar-refractivity contribution in [3.63, 3.8) is 0 Å². The van der Waals surface area contributed by atoms with Crippen molar-refractivity contribution in [2.75, 3.05) is 31.7 Å². The van der Waals surface area contributed by atoms with Crippen LogP contribution in [0.5, 0.6) is 0 Å². The third kappa shape index (κ3) is 3.85. The van der Waals surface area contributed by atoms with E-state index in [1.807, 2.05) is 18.2 Å². The third-order valence-electron chi connectivity index (χ3n) is 3.74. The van der Waals surface area contributed by atoms with Gasteiger partial charge < -0.3 is 14.7 Å². The minimum atomic E-state index is -0.479. The molecule has 0 unspecified atom stereocenters. The van der Waals surface area contributed by atoms with Crippen LogP contribution in [-0.2, 0) is 4.74 Å². The van der Waals surface area contributed by atoms with Crippen LogP contribution in [0.2, 0.25) is 5.02 Å². The Balaban J connectivity index is 2.03. The van der Waals surface area contributed by atoms with E-state index in [0.29, 0.717) is 10.9 Å². The van der Waals surface area contributed by atoms with Crippen molar-refractivity contribution < 1.29 is 9.84 Å². The molecule has 1 fully saturated rings. The molecule has 0 aliphatic carbocycles. The van der Waals surface area contributed by atoms with E-state index in [1.165, 1.54) is 0 Å². The molecule has 1 saturated heterocycles. The maximum Gasteiger partial charge on any atom is 0.0762 e. The van der Waals surface area contributed by atoms with Gasteiger partial charge in [-0.15, -0.1) is 0 Å². The Morgan fingerprint density at radius 2 is 2.11 bits per heavy atom. The lowest BCUT2D eigenvalue weighted by molar-refractivity contribution is 0.0685. The van der Waals surface area contributed by atoms with E-state index in [-0.39, 0.29) is 0 Å². The molecule has 0 aromatic heterocycles. The fourth-order valence-corrected chi connectivity index (χ4v) is 2.84. The summed E-state index contributed by atoms with van der Waals surface area (Å²) in [6, 6.07) is 5.78. The zero-order chi connectivity index (χ0) is 13.8. The second kappa shape index (κ2) is 6.60. The van der Waals surface area contributed by atoms with Crippen molar-refractivity contribution in [3.05, 3.63) is 28.8 Å². The van der Waals surface area contributed by atoms with Gasteiger partial charge in [-0.25, -0.2) is 0 Å². The van der Waals surface area contributed by atoms with Crippen LogP contribution in [0, 0.1) is 5.92 Å². The maximum absolute atomic E-state index is 9.55. The summed E-state index contributed by atoms with van der Waals surface area (Å²) in [6.45, 7) is 4.48. The Labute approximate surface area is 120 Å². The summed E-state index contributed by atoms with van der Waals surface area (Å²) in [5, 5.41) is 10.3. The van der Waals surface area contributed by atoms with Gasteiger partial charge in [0.2, 0.25) is 0 Å². The normalized spacial score (nSPS) is 18.3. The Morgan fingerprint density at radius 3 is 2.68 bits per heavy atom. The van der Waals surface area contributed by atoms with Crippen molar-refractivity contribution in [2.45, 2.75) is 25.9 Å². The van der Waals surface area contributed by atoms with Gasteiger partial charge in [-0.05, 0) is 43.4 Å². The van der Waals surface area contributed by atoms with E-state index in [1.54, 1.807) is 6.92 Å². The third-order valence-corrected chi connectivity index (χ3v) is 4.04. The SMILES string of the molecule is C[C@H](O)c1ccc(N(C)CC2CCOCC2)c(Cl)c1. The summed E-state index contributed by atoms with van der Waals surface area (Å²) in [4.78, 5) is 2.20. The lowest BCUT2D eigenvalue weighted by Crippen LogP contribution is -2.29. The smallest absolute Gasteiger partial charge is 0.0762 e. The molecular weight excluding hydrogens is 262 g/mol. The van der Waals surface area contributed by atoms with Crippen LogP contribution in [0.3, 0.4) is 0 Å². The van der Waals surface area contributed by atoms with Crippen LogP contribution in [0.15, 0.2) is 18.2 Å². The van der Waals surface area contributed by atoms with Crippen molar-refractivity contribution in [1.29, 1.82) is 0 Å². The van der Waals surface area contributed by atoms with Gasteiger partial charge in [0, 0.05) is 26.8 Å². The lowest BCUT2D eigenvalue weighted by Gasteiger charge is -2.29. The zero-order valence-corrected chi connectivity index (χ0v) is 12.4. The number of hydrogen-bond donors (Lipinski definition) is 1. The first-order valence-electron chi connectivity index (χ1n) is 6.84. The molecule has 2 rings (SSSR count). The number of rotatable bonds is 4. The molecule has 19 heavy (non-hydrogen) atoms. The van der Waals surface area contributed by atoms with Gasteiger partial charge in [0.25, 0.3) is 0 Å². The zero-order valence-electron chi connectivity index (χ0n) is 11.6.